The third kappa shape index (κ3) is 2.99. The number of rotatable bonds is 3. The standard InChI is InChI=1S/C25H31NO9/c1-9(2)15-18(29)14(21(26)32)19(30)25(35)20(31)16-17(28)13-11(7-23(16,3)8-24(15,25)4)10(22(33)34)5-6-12(13)27/h5-6,9,14-16,18,20,27,29,31,35H,7-8H2,1-4H3,(H2,26,32)(H,33,34)/t14-,15+,16-,18?,20?,23-,24-,25+/m1/s1. The first-order valence-electron chi connectivity index (χ1n) is 11.6. The van der Waals surface area contributed by atoms with E-state index >= 15 is 0 Å². The van der Waals surface area contributed by atoms with Crippen molar-refractivity contribution in [2.45, 2.75) is 58.3 Å². The van der Waals surface area contributed by atoms with Gasteiger partial charge < -0.3 is 31.3 Å². The minimum absolute atomic E-state index is 0.0359. The van der Waals surface area contributed by atoms with Crippen molar-refractivity contribution < 1.29 is 44.7 Å². The van der Waals surface area contributed by atoms with E-state index in [4.69, 9.17) is 5.73 Å². The lowest BCUT2D eigenvalue weighted by Gasteiger charge is -2.66. The number of primary amides is 1. The maximum Gasteiger partial charge on any atom is 0.335 e. The smallest absolute Gasteiger partial charge is 0.335 e. The van der Waals surface area contributed by atoms with Crippen LogP contribution in [0.15, 0.2) is 12.1 Å². The van der Waals surface area contributed by atoms with E-state index in [2.05, 4.69) is 0 Å². The van der Waals surface area contributed by atoms with Crippen LogP contribution in [-0.4, -0.2) is 66.8 Å². The highest BCUT2D eigenvalue weighted by Crippen LogP contribution is 2.65. The number of hydrogen-bond donors (Lipinski definition) is 6. The molecule has 2 fully saturated rings. The number of benzene rings is 1. The molecule has 0 saturated heterocycles. The van der Waals surface area contributed by atoms with Gasteiger partial charge >= 0.3 is 5.97 Å². The molecule has 0 aromatic heterocycles. The lowest BCUT2D eigenvalue weighted by atomic mass is 9.39. The van der Waals surface area contributed by atoms with Gasteiger partial charge in [0.15, 0.2) is 17.2 Å². The molecule has 0 heterocycles. The second-order valence-corrected chi connectivity index (χ2v) is 11.3. The topological polar surface area (TPSA) is 195 Å². The number of hydrogen-bond acceptors (Lipinski definition) is 8. The fourth-order valence-corrected chi connectivity index (χ4v) is 7.73. The molecule has 35 heavy (non-hydrogen) atoms. The number of ketones is 2. The lowest BCUT2D eigenvalue weighted by Crippen LogP contribution is -2.79. The maximum atomic E-state index is 13.7. The first kappa shape index (κ1) is 25.3. The van der Waals surface area contributed by atoms with Gasteiger partial charge in [-0.15, -0.1) is 0 Å². The van der Waals surface area contributed by atoms with Gasteiger partial charge in [0.25, 0.3) is 0 Å². The first-order valence-corrected chi connectivity index (χ1v) is 11.6. The molecule has 3 aliphatic carbocycles. The van der Waals surface area contributed by atoms with Crippen LogP contribution in [-0.2, 0) is 16.0 Å². The second kappa shape index (κ2) is 7.59. The number of phenolic OH excluding ortho intramolecular Hbond substituents is 1. The number of carboxylic acid groups (broad SMARTS) is 1. The molecule has 4 rings (SSSR count). The van der Waals surface area contributed by atoms with Crippen LogP contribution in [0.25, 0.3) is 0 Å². The Hall–Kier alpha value is -2.82. The molecule has 0 bridgehead atoms. The molecule has 7 N–H and O–H groups in total. The quantitative estimate of drug-likeness (QED) is 0.323. The van der Waals surface area contributed by atoms with E-state index in [9.17, 15) is 44.7 Å². The Morgan fingerprint density at radius 2 is 1.74 bits per heavy atom. The van der Waals surface area contributed by atoms with E-state index in [0.29, 0.717) is 0 Å². The van der Waals surface area contributed by atoms with E-state index in [1.54, 1.807) is 27.7 Å². The summed E-state index contributed by atoms with van der Waals surface area (Å²) < 4.78 is 0. The molecular weight excluding hydrogens is 458 g/mol. The summed E-state index contributed by atoms with van der Waals surface area (Å²) in [5.74, 6) is -9.24. The zero-order chi connectivity index (χ0) is 26.4. The van der Waals surface area contributed by atoms with Crippen molar-refractivity contribution in [2.24, 2.45) is 40.2 Å². The van der Waals surface area contributed by atoms with Gasteiger partial charge in [0.05, 0.1) is 23.1 Å². The van der Waals surface area contributed by atoms with Crippen LogP contribution in [0, 0.1) is 34.5 Å². The molecule has 0 radical (unpaired) electrons. The predicted molar refractivity (Wildman–Crippen MR) is 120 cm³/mol. The molecule has 190 valence electrons. The van der Waals surface area contributed by atoms with Gasteiger partial charge in [-0.2, -0.15) is 0 Å². The number of phenols is 1. The zero-order valence-corrected chi connectivity index (χ0v) is 20.0. The average molecular weight is 490 g/mol. The zero-order valence-electron chi connectivity index (χ0n) is 20.0. The Morgan fingerprint density at radius 1 is 1.14 bits per heavy atom. The summed E-state index contributed by atoms with van der Waals surface area (Å²) >= 11 is 0. The van der Waals surface area contributed by atoms with Gasteiger partial charge in [-0.3, -0.25) is 14.4 Å². The van der Waals surface area contributed by atoms with Crippen molar-refractivity contribution >= 4 is 23.4 Å². The molecule has 1 amide bonds. The van der Waals surface area contributed by atoms with Gasteiger partial charge in [-0.05, 0) is 47.8 Å². The van der Waals surface area contributed by atoms with E-state index in [-0.39, 0.29) is 35.4 Å². The SMILES string of the molecule is CC(C)[C@H]1C(O)[C@@H](C(N)=O)C(=O)[C@]2(O)C(O)[C@H]3C(=O)c4c(O)ccc(C(=O)O)c4C[C@]3(C)C[C@]12C. The number of aliphatic hydroxyl groups excluding tert-OH is 2. The third-order valence-electron chi connectivity index (χ3n) is 8.90. The number of carboxylic acids is 1. The maximum absolute atomic E-state index is 13.7. The molecule has 2 saturated carbocycles. The molecule has 3 aliphatic rings. The number of fused-ring (bicyclic) bond motifs is 3. The highest BCUT2D eigenvalue weighted by Gasteiger charge is 2.75. The number of aliphatic hydroxyl groups is 3. The molecule has 8 atom stereocenters. The fraction of sp³-hybridized carbons (Fsp3) is 0.600. The summed E-state index contributed by atoms with van der Waals surface area (Å²) in [6.45, 7) is 6.70. The number of aromatic carboxylic acids is 1. The van der Waals surface area contributed by atoms with Crippen LogP contribution in [0.5, 0.6) is 5.75 Å². The van der Waals surface area contributed by atoms with Gasteiger partial charge in [0.2, 0.25) is 5.91 Å². The molecule has 1 aromatic rings. The molecule has 0 aliphatic heterocycles. The van der Waals surface area contributed by atoms with Crippen LogP contribution >= 0.6 is 0 Å². The largest absolute Gasteiger partial charge is 0.507 e. The summed E-state index contributed by atoms with van der Waals surface area (Å²) in [4.78, 5) is 51.3. The first-order chi connectivity index (χ1) is 16.0. The average Bonchev–Trinajstić information content (AvgIpc) is 2.69. The summed E-state index contributed by atoms with van der Waals surface area (Å²) in [5.41, 5.74) is -0.135. The summed E-state index contributed by atoms with van der Waals surface area (Å²) in [6.07, 6.45) is -3.60. The summed E-state index contributed by atoms with van der Waals surface area (Å²) in [5, 5.41) is 54.8. The van der Waals surface area contributed by atoms with Gasteiger partial charge in [-0.1, -0.05) is 27.7 Å². The Kier molecular flexibility index (Phi) is 5.48. The normalized spacial score (nSPS) is 40.6. The Morgan fingerprint density at radius 3 is 2.26 bits per heavy atom. The van der Waals surface area contributed by atoms with Crippen LogP contribution in [0.2, 0.25) is 0 Å². The van der Waals surface area contributed by atoms with Crippen molar-refractivity contribution in [1.82, 2.24) is 0 Å². The lowest BCUT2D eigenvalue weighted by molar-refractivity contribution is -0.265. The monoisotopic (exact) mass is 489 g/mol. The van der Waals surface area contributed by atoms with E-state index in [1.807, 2.05) is 0 Å². The van der Waals surface area contributed by atoms with Crippen LogP contribution in [0.4, 0.5) is 0 Å². The molecule has 1 aromatic carbocycles. The third-order valence-corrected chi connectivity index (χ3v) is 8.90. The van der Waals surface area contributed by atoms with E-state index in [0.717, 1.165) is 6.07 Å². The van der Waals surface area contributed by atoms with Crippen molar-refractivity contribution in [1.29, 1.82) is 0 Å². The van der Waals surface area contributed by atoms with Crippen molar-refractivity contribution in [3.8, 4) is 5.75 Å². The molecular formula is C25H31NO9. The Labute approximate surface area is 201 Å². The van der Waals surface area contributed by atoms with Crippen LogP contribution < -0.4 is 5.73 Å². The second-order valence-electron chi connectivity index (χ2n) is 11.3. The van der Waals surface area contributed by atoms with Crippen molar-refractivity contribution in [2.75, 3.05) is 0 Å². The number of carbonyl (C=O) groups excluding carboxylic acids is 3. The summed E-state index contributed by atoms with van der Waals surface area (Å²) in [7, 11) is 0. The Bertz CT molecular complexity index is 1160. The van der Waals surface area contributed by atoms with Gasteiger partial charge in [0, 0.05) is 5.41 Å². The highest BCUT2D eigenvalue weighted by molar-refractivity contribution is 6.10. The minimum Gasteiger partial charge on any atom is -0.507 e. The van der Waals surface area contributed by atoms with E-state index in [1.165, 1.54) is 6.07 Å². The number of nitrogens with two attached hydrogens (primary N) is 1. The van der Waals surface area contributed by atoms with Crippen molar-refractivity contribution in [3.63, 3.8) is 0 Å². The number of amides is 1. The number of aromatic hydroxyl groups is 1. The molecule has 10 heteroatoms. The van der Waals surface area contributed by atoms with Crippen molar-refractivity contribution in [3.05, 3.63) is 28.8 Å². The fourth-order valence-electron chi connectivity index (χ4n) is 7.73. The Balaban J connectivity index is 1.99. The highest BCUT2D eigenvalue weighted by atomic mass is 16.4. The predicted octanol–water partition coefficient (Wildman–Crippen LogP) is 0.271. The van der Waals surface area contributed by atoms with Crippen LogP contribution in [0.1, 0.15) is 60.4 Å². The molecule has 0 spiro atoms. The minimum atomic E-state index is -2.60. The number of Topliss-reactive ketones (excluding diaryl/α,β-unsaturated/α-hetero) is 2. The van der Waals surface area contributed by atoms with Crippen LogP contribution in [0.3, 0.4) is 0 Å². The van der Waals surface area contributed by atoms with E-state index < -0.39 is 75.6 Å². The number of carbonyl (C=O) groups is 4. The van der Waals surface area contributed by atoms with Gasteiger partial charge in [0.1, 0.15) is 17.8 Å². The molecule has 10 nitrogen and oxygen atoms in total. The van der Waals surface area contributed by atoms with Gasteiger partial charge in [-0.25, -0.2) is 4.79 Å². The summed E-state index contributed by atoms with van der Waals surface area (Å²) in [6, 6.07) is 2.28. The molecule has 2 unspecified atom stereocenters.